The number of halogens is 4. The van der Waals surface area contributed by atoms with Crippen LogP contribution in [0, 0.1) is 0 Å². The maximum absolute atomic E-state index is 12.6. The maximum Gasteiger partial charge on any atom is 0.451 e. The highest BCUT2D eigenvalue weighted by atomic mass is 35.5. The van der Waals surface area contributed by atoms with Gasteiger partial charge in [-0.25, -0.2) is 0 Å². The first-order valence-corrected chi connectivity index (χ1v) is 6.02. The molecule has 20 heavy (non-hydrogen) atoms. The average Bonchev–Trinajstić information content (AvgIpc) is 2.77. The van der Waals surface area contributed by atoms with Crippen molar-refractivity contribution in [3.05, 3.63) is 11.6 Å². The highest BCUT2D eigenvalue weighted by Crippen LogP contribution is 2.29. The van der Waals surface area contributed by atoms with Crippen LogP contribution >= 0.6 is 12.4 Å². The molecule has 2 heterocycles. The minimum absolute atomic E-state index is 0. The topological polar surface area (TPSA) is 69.2 Å². The standard InChI is InChI=1S/C10H16F3N5O.ClH/c11-10(12,13)9-16-15-8-7-17(2-3-18(8)9)4-6-19-5-1-14;/h1-7,14H2;1H. The summed E-state index contributed by atoms with van der Waals surface area (Å²) in [5, 5.41) is 6.84. The van der Waals surface area contributed by atoms with Crippen molar-refractivity contribution in [2.24, 2.45) is 5.73 Å². The number of ether oxygens (including phenoxy) is 1. The van der Waals surface area contributed by atoms with Crippen LogP contribution in [0.15, 0.2) is 0 Å². The predicted molar refractivity (Wildman–Crippen MR) is 67.4 cm³/mol. The van der Waals surface area contributed by atoms with E-state index in [1.807, 2.05) is 4.90 Å². The summed E-state index contributed by atoms with van der Waals surface area (Å²) < 4.78 is 44.3. The van der Waals surface area contributed by atoms with Crippen molar-refractivity contribution in [2.75, 3.05) is 32.8 Å². The molecule has 0 unspecified atom stereocenters. The van der Waals surface area contributed by atoms with E-state index in [1.54, 1.807) is 0 Å². The fraction of sp³-hybridized carbons (Fsp3) is 0.800. The lowest BCUT2D eigenvalue weighted by Crippen LogP contribution is -2.37. The van der Waals surface area contributed by atoms with Gasteiger partial charge in [-0.2, -0.15) is 13.2 Å². The lowest BCUT2D eigenvalue weighted by molar-refractivity contribution is -0.148. The normalized spacial score (nSPS) is 15.8. The molecule has 0 saturated carbocycles. The Bertz CT molecular complexity index is 426. The minimum Gasteiger partial charge on any atom is -0.379 e. The quantitative estimate of drug-likeness (QED) is 0.802. The van der Waals surface area contributed by atoms with Crippen molar-refractivity contribution < 1.29 is 17.9 Å². The van der Waals surface area contributed by atoms with E-state index in [9.17, 15) is 13.2 Å². The molecule has 0 saturated heterocycles. The Labute approximate surface area is 120 Å². The van der Waals surface area contributed by atoms with Crippen molar-refractivity contribution in [2.45, 2.75) is 19.3 Å². The molecular weight excluding hydrogens is 299 g/mol. The molecule has 6 nitrogen and oxygen atoms in total. The maximum atomic E-state index is 12.6. The van der Waals surface area contributed by atoms with Crippen LogP contribution in [-0.2, 0) is 24.0 Å². The Morgan fingerprint density at radius 1 is 1.20 bits per heavy atom. The van der Waals surface area contributed by atoms with E-state index >= 15 is 0 Å². The van der Waals surface area contributed by atoms with Gasteiger partial charge in [-0.05, 0) is 0 Å². The van der Waals surface area contributed by atoms with Gasteiger partial charge in [0.15, 0.2) is 0 Å². The summed E-state index contributed by atoms with van der Waals surface area (Å²) in [4.78, 5) is 1.99. The first kappa shape index (κ1) is 17.2. The van der Waals surface area contributed by atoms with E-state index in [0.29, 0.717) is 45.2 Å². The van der Waals surface area contributed by atoms with Crippen molar-refractivity contribution in [1.82, 2.24) is 19.7 Å². The van der Waals surface area contributed by atoms with Gasteiger partial charge in [0.1, 0.15) is 5.82 Å². The number of hydrogen-bond donors (Lipinski definition) is 1. The first-order valence-electron chi connectivity index (χ1n) is 6.02. The van der Waals surface area contributed by atoms with Crippen LogP contribution < -0.4 is 5.73 Å². The van der Waals surface area contributed by atoms with Crippen LogP contribution in [0.2, 0.25) is 0 Å². The minimum atomic E-state index is -4.45. The third kappa shape index (κ3) is 4.05. The fourth-order valence-corrected chi connectivity index (χ4v) is 1.99. The Balaban J connectivity index is 0.00000200. The zero-order valence-electron chi connectivity index (χ0n) is 10.8. The number of aromatic nitrogens is 3. The van der Waals surface area contributed by atoms with Gasteiger partial charge in [0.2, 0.25) is 5.82 Å². The molecule has 2 N–H and O–H groups in total. The monoisotopic (exact) mass is 315 g/mol. The van der Waals surface area contributed by atoms with E-state index < -0.39 is 12.0 Å². The molecule has 0 radical (unpaired) electrons. The van der Waals surface area contributed by atoms with E-state index in [1.165, 1.54) is 0 Å². The summed E-state index contributed by atoms with van der Waals surface area (Å²) in [7, 11) is 0. The van der Waals surface area contributed by atoms with Gasteiger partial charge >= 0.3 is 6.18 Å². The first-order chi connectivity index (χ1) is 9.02. The largest absolute Gasteiger partial charge is 0.451 e. The molecule has 10 heteroatoms. The van der Waals surface area contributed by atoms with Crippen LogP contribution in [-0.4, -0.2) is 52.5 Å². The number of rotatable bonds is 5. The molecule has 0 atom stereocenters. The Kier molecular flexibility index (Phi) is 6.18. The molecule has 2 rings (SSSR count). The molecule has 1 aromatic rings. The number of hydrogen-bond acceptors (Lipinski definition) is 5. The molecule has 0 aliphatic carbocycles. The third-order valence-corrected chi connectivity index (χ3v) is 2.90. The van der Waals surface area contributed by atoms with Crippen molar-refractivity contribution in [3.8, 4) is 0 Å². The van der Waals surface area contributed by atoms with E-state index in [0.717, 1.165) is 4.57 Å². The lowest BCUT2D eigenvalue weighted by atomic mass is 10.3. The van der Waals surface area contributed by atoms with Crippen LogP contribution in [0.3, 0.4) is 0 Å². The second-order valence-corrected chi connectivity index (χ2v) is 4.27. The fourth-order valence-electron chi connectivity index (χ4n) is 1.99. The number of nitrogens with zero attached hydrogens (tertiary/aromatic N) is 4. The summed E-state index contributed by atoms with van der Waals surface area (Å²) in [5.41, 5.74) is 5.29. The van der Waals surface area contributed by atoms with Gasteiger partial charge in [-0.3, -0.25) is 4.90 Å². The highest BCUT2D eigenvalue weighted by molar-refractivity contribution is 5.85. The summed E-state index contributed by atoms with van der Waals surface area (Å²) in [6, 6.07) is 0. The van der Waals surface area contributed by atoms with Crippen molar-refractivity contribution in [3.63, 3.8) is 0 Å². The number of fused-ring (bicyclic) bond motifs is 1. The molecule has 0 spiro atoms. The predicted octanol–water partition coefficient (Wildman–Crippen LogP) is 0.510. The Hall–Kier alpha value is -0.900. The zero-order valence-corrected chi connectivity index (χ0v) is 11.6. The lowest BCUT2D eigenvalue weighted by Gasteiger charge is -2.27. The van der Waals surface area contributed by atoms with Gasteiger partial charge < -0.3 is 15.0 Å². The molecule has 1 aromatic heterocycles. The number of nitrogens with two attached hydrogens (primary N) is 1. The SMILES string of the molecule is Cl.NCCOCCN1CCn2c(nnc2C(F)(F)F)C1. The molecular formula is C10H17ClF3N5O. The van der Waals surface area contributed by atoms with Gasteiger partial charge in [-0.15, -0.1) is 22.6 Å². The van der Waals surface area contributed by atoms with Gasteiger partial charge in [0.05, 0.1) is 19.8 Å². The summed E-state index contributed by atoms with van der Waals surface area (Å²) in [6.45, 7) is 3.24. The zero-order chi connectivity index (χ0) is 13.9. The Morgan fingerprint density at radius 3 is 2.60 bits per heavy atom. The van der Waals surface area contributed by atoms with Gasteiger partial charge in [-0.1, -0.05) is 0 Å². The third-order valence-electron chi connectivity index (χ3n) is 2.90. The van der Waals surface area contributed by atoms with Crippen LogP contribution in [0.4, 0.5) is 13.2 Å². The van der Waals surface area contributed by atoms with E-state index in [2.05, 4.69) is 10.2 Å². The van der Waals surface area contributed by atoms with Crippen molar-refractivity contribution in [1.29, 1.82) is 0 Å². The van der Waals surface area contributed by atoms with E-state index in [4.69, 9.17) is 10.5 Å². The molecule has 1 aliphatic heterocycles. The highest BCUT2D eigenvalue weighted by Gasteiger charge is 2.39. The number of alkyl halides is 3. The smallest absolute Gasteiger partial charge is 0.379 e. The molecule has 0 fully saturated rings. The van der Waals surface area contributed by atoms with E-state index in [-0.39, 0.29) is 19.0 Å². The van der Waals surface area contributed by atoms with Crippen molar-refractivity contribution >= 4 is 12.4 Å². The molecule has 116 valence electrons. The van der Waals surface area contributed by atoms with Crippen LogP contribution in [0.5, 0.6) is 0 Å². The molecule has 1 aliphatic rings. The second kappa shape index (κ2) is 7.21. The van der Waals surface area contributed by atoms with Crippen LogP contribution in [0.25, 0.3) is 0 Å². The van der Waals surface area contributed by atoms with Gasteiger partial charge in [0.25, 0.3) is 0 Å². The Morgan fingerprint density at radius 2 is 1.95 bits per heavy atom. The molecule has 0 amide bonds. The summed E-state index contributed by atoms with van der Waals surface area (Å²) in [5.74, 6) is -0.570. The second-order valence-electron chi connectivity index (χ2n) is 4.27. The molecule has 0 aromatic carbocycles. The summed E-state index contributed by atoms with van der Waals surface area (Å²) in [6.07, 6.45) is -4.45. The summed E-state index contributed by atoms with van der Waals surface area (Å²) >= 11 is 0. The van der Waals surface area contributed by atoms with Crippen LogP contribution in [0.1, 0.15) is 11.6 Å². The molecule has 0 bridgehead atoms. The van der Waals surface area contributed by atoms with Gasteiger partial charge in [0, 0.05) is 26.2 Å². The average molecular weight is 316 g/mol.